The zero-order valence-corrected chi connectivity index (χ0v) is 12.1. The number of hydrogen-bond donors (Lipinski definition) is 1. The quantitative estimate of drug-likeness (QED) is 0.495. The van der Waals surface area contributed by atoms with Gasteiger partial charge in [0.05, 0.1) is 0 Å². The van der Waals surface area contributed by atoms with Crippen molar-refractivity contribution in [3.8, 4) is 0 Å². The number of rotatable bonds is 6. The van der Waals surface area contributed by atoms with Crippen molar-refractivity contribution in [2.24, 2.45) is 0 Å². The highest BCUT2D eigenvalue weighted by molar-refractivity contribution is 8.82. The molecule has 104 valence electrons. The van der Waals surface area contributed by atoms with Gasteiger partial charge in [0.25, 0.3) is 0 Å². The summed E-state index contributed by atoms with van der Waals surface area (Å²) >= 11 is 0. The minimum atomic E-state index is -0.475. The molecule has 1 aromatic rings. The summed E-state index contributed by atoms with van der Waals surface area (Å²) in [6.45, 7) is 0.519. The molecule has 0 atom stereocenters. The van der Waals surface area contributed by atoms with Gasteiger partial charge in [0.2, 0.25) is 0 Å². The van der Waals surface area contributed by atoms with Gasteiger partial charge in [-0.05, 0) is 5.56 Å². The third-order valence-electron chi connectivity index (χ3n) is 1.93. The van der Waals surface area contributed by atoms with E-state index in [2.05, 4.69) is 5.32 Å². The fourth-order valence-electron chi connectivity index (χ4n) is 1.07. The van der Waals surface area contributed by atoms with Crippen molar-refractivity contribution in [3.63, 3.8) is 0 Å². The molecule has 0 bridgehead atoms. The van der Waals surface area contributed by atoms with Crippen molar-refractivity contribution in [2.45, 2.75) is 6.61 Å². The molecule has 0 aliphatic carbocycles. The third-order valence-corrected chi connectivity index (χ3v) is 3.90. The third kappa shape index (κ3) is 7.63. The van der Waals surface area contributed by atoms with E-state index >= 15 is 0 Å². The lowest BCUT2D eigenvalue weighted by molar-refractivity contribution is 0.155. The van der Waals surface area contributed by atoms with Gasteiger partial charge in [-0.15, -0.1) is 0 Å². The van der Waals surface area contributed by atoms with E-state index in [9.17, 15) is 9.59 Å². The number of ether oxygens (including phenoxy) is 2. The van der Waals surface area contributed by atoms with E-state index < -0.39 is 6.09 Å². The summed E-state index contributed by atoms with van der Waals surface area (Å²) in [5, 5.41) is 1.98. The summed E-state index contributed by atoms with van der Waals surface area (Å²) in [6, 6.07) is 9.47. The first kappa shape index (κ1) is 15.7. The number of nitrogens with one attached hydrogen (secondary N) is 1. The van der Waals surface area contributed by atoms with Crippen molar-refractivity contribution in [1.82, 2.24) is 5.32 Å². The number of carbonyl (C=O) groups excluding carboxylic acids is 2. The van der Waals surface area contributed by atoms with Gasteiger partial charge in [-0.25, -0.2) is 9.59 Å². The Kier molecular flexibility index (Phi) is 7.92. The second-order valence-electron chi connectivity index (χ2n) is 3.32. The average molecular weight is 301 g/mol. The highest BCUT2D eigenvalue weighted by atomic mass is 33.1. The fraction of sp³-hybridized carbons (Fsp3) is 0.333. The van der Waals surface area contributed by atoms with Crippen LogP contribution in [0.4, 0.5) is 9.59 Å². The van der Waals surface area contributed by atoms with E-state index in [1.54, 1.807) is 0 Å². The van der Waals surface area contributed by atoms with Crippen LogP contribution in [-0.2, 0) is 16.1 Å². The van der Waals surface area contributed by atoms with Crippen LogP contribution < -0.4 is 5.32 Å². The van der Waals surface area contributed by atoms with E-state index in [0.717, 1.165) is 16.4 Å². The van der Waals surface area contributed by atoms with Gasteiger partial charge in [0, 0.05) is 23.6 Å². The standard InChI is InChI=1S/C12H15NO4S2/c1-13-11(14)16-7-8-18-19-12(15)17-9-10-5-3-2-4-6-10/h2-6H,7-9H2,1H3,(H,13,14). The number of carbonyl (C=O) groups is 2. The number of benzene rings is 1. The van der Waals surface area contributed by atoms with E-state index in [1.807, 2.05) is 30.3 Å². The van der Waals surface area contributed by atoms with Crippen LogP contribution in [0.25, 0.3) is 0 Å². The zero-order valence-electron chi connectivity index (χ0n) is 10.5. The Hall–Kier alpha value is -1.34. The van der Waals surface area contributed by atoms with Gasteiger partial charge >= 0.3 is 11.4 Å². The van der Waals surface area contributed by atoms with Crippen molar-refractivity contribution < 1.29 is 19.1 Å². The summed E-state index contributed by atoms with van der Waals surface area (Å²) in [7, 11) is 3.78. The molecule has 0 fully saturated rings. The molecule has 19 heavy (non-hydrogen) atoms. The zero-order chi connectivity index (χ0) is 13.9. The Labute approximate surface area is 119 Å². The number of hydrogen-bond acceptors (Lipinski definition) is 6. The largest absolute Gasteiger partial charge is 0.452 e. The normalized spacial score (nSPS) is 9.74. The molecule has 0 unspecified atom stereocenters. The molecule has 0 aromatic heterocycles. The second-order valence-corrected chi connectivity index (χ2v) is 5.67. The Bertz CT molecular complexity index is 400. The van der Waals surface area contributed by atoms with Crippen LogP contribution in [0, 0.1) is 0 Å². The lowest BCUT2D eigenvalue weighted by Crippen LogP contribution is -2.20. The van der Waals surface area contributed by atoms with Crippen molar-refractivity contribution in [2.75, 3.05) is 19.4 Å². The van der Waals surface area contributed by atoms with Gasteiger partial charge in [-0.1, -0.05) is 41.1 Å². The van der Waals surface area contributed by atoms with Gasteiger partial charge in [-0.3, -0.25) is 0 Å². The molecule has 0 heterocycles. The molecule has 7 heteroatoms. The van der Waals surface area contributed by atoms with Gasteiger partial charge in [-0.2, -0.15) is 0 Å². The van der Waals surface area contributed by atoms with Gasteiger partial charge in [0.1, 0.15) is 13.2 Å². The SMILES string of the molecule is CNC(=O)OCCSSC(=O)OCc1ccccc1. The topological polar surface area (TPSA) is 64.6 Å². The molecule has 0 saturated carbocycles. The second kappa shape index (κ2) is 9.57. The van der Waals surface area contributed by atoms with E-state index in [4.69, 9.17) is 9.47 Å². The first-order chi connectivity index (χ1) is 9.22. The average Bonchev–Trinajstić information content (AvgIpc) is 2.45. The van der Waals surface area contributed by atoms with E-state index in [0.29, 0.717) is 5.75 Å². The maximum atomic E-state index is 11.4. The molecule has 0 saturated heterocycles. The van der Waals surface area contributed by atoms with Crippen LogP contribution in [0.3, 0.4) is 0 Å². The van der Waals surface area contributed by atoms with E-state index in [1.165, 1.54) is 17.8 Å². The van der Waals surface area contributed by atoms with Crippen molar-refractivity contribution >= 4 is 33.0 Å². The summed E-state index contributed by atoms with van der Waals surface area (Å²) in [6.07, 6.45) is -0.475. The predicted molar refractivity (Wildman–Crippen MR) is 77.1 cm³/mol. The Balaban J connectivity index is 2.04. The predicted octanol–water partition coefficient (Wildman–Crippen LogP) is 3.06. The van der Waals surface area contributed by atoms with Crippen molar-refractivity contribution in [3.05, 3.63) is 35.9 Å². The molecule has 0 spiro atoms. The lowest BCUT2D eigenvalue weighted by Gasteiger charge is -2.04. The fourth-order valence-corrected chi connectivity index (χ4v) is 2.40. The number of amides is 1. The molecule has 0 aliphatic heterocycles. The van der Waals surface area contributed by atoms with Gasteiger partial charge in [0.15, 0.2) is 0 Å². The Morgan fingerprint density at radius 2 is 1.95 bits per heavy atom. The minimum Gasteiger partial charge on any atom is -0.452 e. The lowest BCUT2D eigenvalue weighted by atomic mass is 10.2. The summed E-state index contributed by atoms with van der Waals surface area (Å²) < 4.78 is 9.83. The summed E-state index contributed by atoms with van der Waals surface area (Å²) in [5.41, 5.74) is 0.949. The molecular weight excluding hydrogens is 286 g/mol. The molecule has 1 aromatic carbocycles. The van der Waals surface area contributed by atoms with Crippen LogP contribution in [0.1, 0.15) is 5.56 Å². The molecule has 0 aliphatic rings. The van der Waals surface area contributed by atoms with Crippen molar-refractivity contribution in [1.29, 1.82) is 0 Å². The monoisotopic (exact) mass is 301 g/mol. The summed E-state index contributed by atoms with van der Waals surface area (Å²) in [4.78, 5) is 22.1. The molecule has 0 radical (unpaired) electrons. The van der Waals surface area contributed by atoms with Crippen LogP contribution >= 0.6 is 21.6 Å². The molecule has 1 amide bonds. The Morgan fingerprint density at radius 1 is 1.21 bits per heavy atom. The highest BCUT2D eigenvalue weighted by Gasteiger charge is 2.05. The van der Waals surface area contributed by atoms with Crippen LogP contribution in [0.2, 0.25) is 0 Å². The van der Waals surface area contributed by atoms with Crippen LogP contribution in [0.15, 0.2) is 30.3 Å². The maximum absolute atomic E-state index is 11.4. The minimum absolute atomic E-state index is 0.253. The maximum Gasteiger partial charge on any atom is 0.406 e. The smallest absolute Gasteiger partial charge is 0.406 e. The summed E-state index contributed by atoms with van der Waals surface area (Å²) in [5.74, 6) is 0.526. The molecule has 1 rings (SSSR count). The first-order valence-corrected chi connectivity index (χ1v) is 7.89. The Morgan fingerprint density at radius 3 is 2.63 bits per heavy atom. The molecule has 1 N–H and O–H groups in total. The van der Waals surface area contributed by atoms with Crippen LogP contribution in [-0.4, -0.2) is 30.8 Å². The first-order valence-electron chi connectivity index (χ1n) is 5.57. The van der Waals surface area contributed by atoms with E-state index in [-0.39, 0.29) is 18.5 Å². The number of alkyl carbamates (subject to hydrolysis) is 1. The highest BCUT2D eigenvalue weighted by Crippen LogP contribution is 2.23. The molecular formula is C12H15NO4S2. The van der Waals surface area contributed by atoms with Crippen LogP contribution in [0.5, 0.6) is 0 Å². The van der Waals surface area contributed by atoms with Gasteiger partial charge < -0.3 is 14.8 Å². The molecule has 5 nitrogen and oxygen atoms in total.